The number of pyridine rings is 1. The maximum Gasteiger partial charge on any atom is 0.217 e. The van der Waals surface area contributed by atoms with Crippen LogP contribution in [0.15, 0.2) is 18.3 Å². The first-order valence-corrected chi connectivity index (χ1v) is 6.81. The zero-order valence-electron chi connectivity index (χ0n) is 11.2. The molecule has 0 bridgehead atoms. The molecule has 1 fully saturated rings. The molecule has 0 aromatic carbocycles. The third-order valence-electron chi connectivity index (χ3n) is 3.28. The van der Waals surface area contributed by atoms with Gasteiger partial charge in [-0.3, -0.25) is 9.80 Å². The van der Waals surface area contributed by atoms with Crippen molar-refractivity contribution in [1.82, 2.24) is 14.8 Å². The number of aromatic nitrogens is 1. The minimum Gasteiger partial charge on any atom is -0.481 e. The number of methoxy groups -OCH3 is 1. The molecule has 0 amide bonds. The van der Waals surface area contributed by atoms with Gasteiger partial charge in [0.2, 0.25) is 5.88 Å². The van der Waals surface area contributed by atoms with Crippen LogP contribution in [0.1, 0.15) is 5.56 Å². The molecule has 0 atom stereocenters. The van der Waals surface area contributed by atoms with E-state index >= 15 is 0 Å². The number of hydrogen-bond acceptors (Lipinski definition) is 5. The number of hydrogen-bond donors (Lipinski definition) is 1. The minimum absolute atomic E-state index is 0.572. The Morgan fingerprint density at radius 1 is 1.37 bits per heavy atom. The predicted octanol–water partition coefficient (Wildman–Crippen LogP) is 0.494. The van der Waals surface area contributed by atoms with Crippen LogP contribution in [0.2, 0.25) is 0 Å². The van der Waals surface area contributed by atoms with Crippen LogP contribution >= 0.6 is 12.2 Å². The van der Waals surface area contributed by atoms with Crippen LogP contribution in [0.3, 0.4) is 0 Å². The maximum atomic E-state index is 5.57. The molecular formula is C13H20N4OS. The van der Waals surface area contributed by atoms with Gasteiger partial charge >= 0.3 is 0 Å². The standard InChI is InChI=1S/C13H20N4OS/c1-18-13-11(3-2-4-15-13)9-16-5-7-17(8-6-16)10-12(14)19/h2-4H,5-10H2,1H3,(H2,14,19). The third kappa shape index (κ3) is 4.12. The van der Waals surface area contributed by atoms with E-state index in [4.69, 9.17) is 22.7 Å². The molecule has 19 heavy (non-hydrogen) atoms. The molecule has 0 saturated carbocycles. The Hall–Kier alpha value is -1.24. The van der Waals surface area contributed by atoms with Crippen LogP contribution < -0.4 is 10.5 Å². The molecule has 6 heteroatoms. The molecule has 0 aliphatic carbocycles. The topological polar surface area (TPSA) is 54.6 Å². The molecule has 1 aromatic heterocycles. The fraction of sp³-hybridized carbons (Fsp3) is 0.538. The quantitative estimate of drug-likeness (QED) is 0.793. The highest BCUT2D eigenvalue weighted by Crippen LogP contribution is 2.16. The van der Waals surface area contributed by atoms with Gasteiger partial charge in [0.05, 0.1) is 12.1 Å². The van der Waals surface area contributed by atoms with Crippen molar-refractivity contribution >= 4 is 17.2 Å². The van der Waals surface area contributed by atoms with E-state index < -0.39 is 0 Å². The molecule has 1 aromatic rings. The number of ether oxygens (including phenoxy) is 1. The second-order valence-electron chi connectivity index (χ2n) is 4.69. The van der Waals surface area contributed by atoms with E-state index in [1.807, 2.05) is 6.07 Å². The van der Waals surface area contributed by atoms with Crippen molar-refractivity contribution in [3.05, 3.63) is 23.9 Å². The van der Waals surface area contributed by atoms with Crippen molar-refractivity contribution in [2.24, 2.45) is 5.73 Å². The van der Waals surface area contributed by atoms with Gasteiger partial charge in [-0.2, -0.15) is 0 Å². The van der Waals surface area contributed by atoms with Gasteiger partial charge in [-0.05, 0) is 6.07 Å². The number of rotatable bonds is 5. The molecular weight excluding hydrogens is 260 g/mol. The Labute approximate surface area is 119 Å². The van der Waals surface area contributed by atoms with Crippen molar-refractivity contribution in [2.75, 3.05) is 39.8 Å². The Balaban J connectivity index is 1.87. The molecule has 1 saturated heterocycles. The lowest BCUT2D eigenvalue weighted by Crippen LogP contribution is -2.48. The monoisotopic (exact) mass is 280 g/mol. The van der Waals surface area contributed by atoms with E-state index in [-0.39, 0.29) is 0 Å². The first kappa shape index (κ1) is 14.2. The van der Waals surface area contributed by atoms with E-state index in [2.05, 4.69) is 20.9 Å². The molecule has 0 spiro atoms. The largest absolute Gasteiger partial charge is 0.481 e. The smallest absolute Gasteiger partial charge is 0.217 e. The first-order valence-electron chi connectivity index (χ1n) is 6.40. The average Bonchev–Trinajstić information content (AvgIpc) is 2.41. The normalized spacial score (nSPS) is 17.3. The zero-order chi connectivity index (χ0) is 13.7. The van der Waals surface area contributed by atoms with Gasteiger partial charge in [-0.25, -0.2) is 4.98 Å². The van der Waals surface area contributed by atoms with Crippen LogP contribution in [0.25, 0.3) is 0 Å². The Morgan fingerprint density at radius 2 is 2.05 bits per heavy atom. The van der Waals surface area contributed by atoms with Gasteiger partial charge in [0.25, 0.3) is 0 Å². The van der Waals surface area contributed by atoms with Gasteiger partial charge in [0.1, 0.15) is 0 Å². The summed E-state index contributed by atoms with van der Waals surface area (Å²) >= 11 is 4.94. The molecule has 2 heterocycles. The molecule has 2 rings (SSSR count). The number of thiocarbonyl (C=S) groups is 1. The minimum atomic E-state index is 0.572. The van der Waals surface area contributed by atoms with E-state index in [9.17, 15) is 0 Å². The second kappa shape index (κ2) is 6.79. The van der Waals surface area contributed by atoms with Crippen LogP contribution in [-0.4, -0.2) is 59.6 Å². The summed E-state index contributed by atoms with van der Waals surface area (Å²) in [6.45, 7) is 5.62. The van der Waals surface area contributed by atoms with E-state index in [1.165, 1.54) is 0 Å². The van der Waals surface area contributed by atoms with Gasteiger partial charge < -0.3 is 10.5 Å². The van der Waals surface area contributed by atoms with Gasteiger partial charge in [0.15, 0.2) is 0 Å². The molecule has 5 nitrogen and oxygen atoms in total. The molecule has 0 radical (unpaired) electrons. The summed E-state index contributed by atoms with van der Waals surface area (Å²) in [7, 11) is 1.66. The van der Waals surface area contributed by atoms with Crippen LogP contribution in [0.5, 0.6) is 5.88 Å². The number of nitrogens with zero attached hydrogens (tertiary/aromatic N) is 3. The van der Waals surface area contributed by atoms with Crippen molar-refractivity contribution in [3.63, 3.8) is 0 Å². The summed E-state index contributed by atoms with van der Waals surface area (Å²) in [6, 6.07) is 4.01. The van der Waals surface area contributed by atoms with Crippen molar-refractivity contribution in [1.29, 1.82) is 0 Å². The Bertz CT molecular complexity index is 432. The first-order chi connectivity index (χ1) is 9.19. The van der Waals surface area contributed by atoms with Crippen molar-refractivity contribution < 1.29 is 4.74 Å². The average molecular weight is 280 g/mol. The van der Waals surface area contributed by atoms with Crippen molar-refractivity contribution in [3.8, 4) is 5.88 Å². The molecule has 2 N–H and O–H groups in total. The van der Waals surface area contributed by atoms with Crippen LogP contribution in [-0.2, 0) is 6.54 Å². The Morgan fingerprint density at radius 3 is 2.68 bits per heavy atom. The summed E-state index contributed by atoms with van der Waals surface area (Å²) < 4.78 is 5.28. The maximum absolute atomic E-state index is 5.57. The summed E-state index contributed by atoms with van der Waals surface area (Å²) in [5, 5.41) is 0. The van der Waals surface area contributed by atoms with E-state index in [1.54, 1.807) is 13.3 Å². The molecule has 1 aliphatic rings. The second-order valence-corrected chi connectivity index (χ2v) is 5.21. The SMILES string of the molecule is COc1ncccc1CN1CCN(CC(N)=S)CC1. The fourth-order valence-electron chi connectivity index (χ4n) is 2.30. The number of piperazine rings is 1. The van der Waals surface area contributed by atoms with E-state index in [0.29, 0.717) is 10.9 Å². The molecule has 104 valence electrons. The van der Waals surface area contributed by atoms with Crippen molar-refractivity contribution in [2.45, 2.75) is 6.54 Å². The highest BCUT2D eigenvalue weighted by atomic mass is 32.1. The summed E-state index contributed by atoms with van der Waals surface area (Å²) in [5.74, 6) is 0.716. The van der Waals surface area contributed by atoms with Gasteiger partial charge in [-0.15, -0.1) is 0 Å². The molecule has 1 aliphatic heterocycles. The molecule has 0 unspecified atom stereocenters. The lowest BCUT2D eigenvalue weighted by molar-refractivity contribution is 0.139. The lowest BCUT2D eigenvalue weighted by Gasteiger charge is -2.34. The van der Waals surface area contributed by atoms with Gasteiger partial charge in [0, 0.05) is 51.0 Å². The predicted molar refractivity (Wildman–Crippen MR) is 79.3 cm³/mol. The fourth-order valence-corrected chi connectivity index (χ4v) is 2.48. The van der Waals surface area contributed by atoms with Crippen LogP contribution in [0.4, 0.5) is 0 Å². The summed E-state index contributed by atoms with van der Waals surface area (Å²) in [6.07, 6.45) is 1.75. The Kier molecular flexibility index (Phi) is 5.07. The third-order valence-corrected chi connectivity index (χ3v) is 3.41. The highest BCUT2D eigenvalue weighted by molar-refractivity contribution is 7.80. The lowest BCUT2D eigenvalue weighted by atomic mass is 10.2. The van der Waals surface area contributed by atoms with E-state index in [0.717, 1.165) is 44.8 Å². The highest BCUT2D eigenvalue weighted by Gasteiger charge is 2.18. The van der Waals surface area contributed by atoms with Crippen LogP contribution in [0, 0.1) is 0 Å². The number of nitrogens with two attached hydrogens (primary N) is 1. The summed E-state index contributed by atoms with van der Waals surface area (Å²) in [4.78, 5) is 9.49. The zero-order valence-corrected chi connectivity index (χ0v) is 12.0. The summed E-state index contributed by atoms with van der Waals surface area (Å²) in [5.41, 5.74) is 6.70. The van der Waals surface area contributed by atoms with Gasteiger partial charge in [-0.1, -0.05) is 18.3 Å².